The molecule has 0 aliphatic carbocycles. The van der Waals surface area contributed by atoms with E-state index in [0.29, 0.717) is 33.5 Å². The van der Waals surface area contributed by atoms with Gasteiger partial charge in [0.25, 0.3) is 11.8 Å². The third-order valence-corrected chi connectivity index (χ3v) is 5.14. The SMILES string of the molecule is Cc1ccn2c(C(=O)N/N=C\c3ccc(OCC(=O)Nc4cccc(Cl)c4)cc3)c(C)nc2c1. The minimum absolute atomic E-state index is 0.145. The molecule has 2 aromatic carbocycles. The van der Waals surface area contributed by atoms with Crippen LogP contribution in [0.15, 0.2) is 72.0 Å². The number of ether oxygens (including phenoxy) is 1. The molecule has 0 saturated carbocycles. The maximum absolute atomic E-state index is 12.6. The molecule has 0 atom stereocenters. The molecule has 34 heavy (non-hydrogen) atoms. The summed E-state index contributed by atoms with van der Waals surface area (Å²) in [4.78, 5) is 29.1. The van der Waals surface area contributed by atoms with Gasteiger partial charge in [0, 0.05) is 16.9 Å². The molecule has 0 aliphatic heterocycles. The molecule has 2 heterocycles. The lowest BCUT2D eigenvalue weighted by Crippen LogP contribution is -2.20. The van der Waals surface area contributed by atoms with Crippen LogP contribution in [-0.2, 0) is 4.79 Å². The fraction of sp³-hybridized carbons (Fsp3) is 0.120. The lowest BCUT2D eigenvalue weighted by molar-refractivity contribution is -0.118. The molecule has 0 unspecified atom stereocenters. The summed E-state index contributed by atoms with van der Waals surface area (Å²) >= 11 is 5.91. The van der Waals surface area contributed by atoms with Crippen molar-refractivity contribution in [2.45, 2.75) is 13.8 Å². The molecule has 0 saturated heterocycles. The van der Waals surface area contributed by atoms with E-state index in [2.05, 4.69) is 20.8 Å². The highest BCUT2D eigenvalue weighted by atomic mass is 35.5. The number of hydrogen-bond donors (Lipinski definition) is 2. The van der Waals surface area contributed by atoms with Crippen LogP contribution in [0.5, 0.6) is 5.75 Å². The zero-order chi connectivity index (χ0) is 24.1. The number of hydrogen-bond acceptors (Lipinski definition) is 5. The molecule has 9 heteroatoms. The van der Waals surface area contributed by atoms with Crippen molar-refractivity contribution < 1.29 is 14.3 Å². The van der Waals surface area contributed by atoms with E-state index in [1.54, 1.807) is 59.9 Å². The second-order valence-corrected chi connectivity index (χ2v) is 8.03. The number of halogens is 1. The molecule has 8 nitrogen and oxygen atoms in total. The summed E-state index contributed by atoms with van der Waals surface area (Å²) in [5.41, 5.74) is 6.73. The van der Waals surface area contributed by atoms with Crippen LogP contribution in [0.25, 0.3) is 5.65 Å². The summed E-state index contributed by atoms with van der Waals surface area (Å²) < 4.78 is 7.25. The van der Waals surface area contributed by atoms with Crippen molar-refractivity contribution in [1.82, 2.24) is 14.8 Å². The molecule has 0 bridgehead atoms. The van der Waals surface area contributed by atoms with Gasteiger partial charge in [-0.3, -0.25) is 14.0 Å². The Morgan fingerprint density at radius 2 is 1.91 bits per heavy atom. The first kappa shape index (κ1) is 23.0. The third kappa shape index (κ3) is 5.60. The van der Waals surface area contributed by atoms with Gasteiger partial charge < -0.3 is 10.1 Å². The Morgan fingerprint density at radius 1 is 1.12 bits per heavy atom. The monoisotopic (exact) mass is 475 g/mol. The van der Waals surface area contributed by atoms with E-state index in [1.165, 1.54) is 6.21 Å². The van der Waals surface area contributed by atoms with E-state index in [4.69, 9.17) is 16.3 Å². The zero-order valence-electron chi connectivity index (χ0n) is 18.6. The molecule has 172 valence electrons. The first-order chi connectivity index (χ1) is 16.4. The minimum Gasteiger partial charge on any atom is -0.484 e. The van der Waals surface area contributed by atoms with Crippen molar-refractivity contribution in [3.63, 3.8) is 0 Å². The van der Waals surface area contributed by atoms with Gasteiger partial charge in [-0.25, -0.2) is 10.4 Å². The first-order valence-electron chi connectivity index (χ1n) is 10.5. The second-order valence-electron chi connectivity index (χ2n) is 7.59. The summed E-state index contributed by atoms with van der Waals surface area (Å²) in [5, 5.41) is 7.29. The van der Waals surface area contributed by atoms with E-state index in [1.807, 2.05) is 25.3 Å². The van der Waals surface area contributed by atoms with Crippen LogP contribution in [0.1, 0.15) is 27.3 Å². The molecule has 0 fully saturated rings. The third-order valence-electron chi connectivity index (χ3n) is 4.91. The van der Waals surface area contributed by atoms with Crippen molar-refractivity contribution in [2.24, 2.45) is 5.10 Å². The lowest BCUT2D eigenvalue weighted by Gasteiger charge is -2.08. The number of nitrogens with zero attached hydrogens (tertiary/aromatic N) is 3. The summed E-state index contributed by atoms with van der Waals surface area (Å²) in [7, 11) is 0. The summed E-state index contributed by atoms with van der Waals surface area (Å²) in [6, 6.07) is 17.7. The van der Waals surface area contributed by atoms with Gasteiger partial charge in [0.1, 0.15) is 17.1 Å². The van der Waals surface area contributed by atoms with Crippen molar-refractivity contribution in [3.05, 3.63) is 94.4 Å². The maximum Gasteiger partial charge on any atom is 0.290 e. The zero-order valence-corrected chi connectivity index (χ0v) is 19.3. The van der Waals surface area contributed by atoms with Crippen LogP contribution in [-0.4, -0.2) is 34.0 Å². The highest BCUT2D eigenvalue weighted by Crippen LogP contribution is 2.16. The average Bonchev–Trinajstić information content (AvgIpc) is 3.13. The molecule has 0 spiro atoms. The van der Waals surface area contributed by atoms with Crippen LogP contribution in [0.3, 0.4) is 0 Å². The van der Waals surface area contributed by atoms with E-state index in [0.717, 1.165) is 11.1 Å². The van der Waals surface area contributed by atoms with Crippen molar-refractivity contribution in [2.75, 3.05) is 11.9 Å². The Labute approximate surface area is 201 Å². The number of amides is 2. The molecule has 2 amide bonds. The number of benzene rings is 2. The van der Waals surface area contributed by atoms with Gasteiger partial charge in [-0.15, -0.1) is 0 Å². The van der Waals surface area contributed by atoms with Gasteiger partial charge in [-0.2, -0.15) is 5.10 Å². The van der Waals surface area contributed by atoms with Crippen LogP contribution in [0, 0.1) is 13.8 Å². The average molecular weight is 476 g/mol. The number of carbonyl (C=O) groups is 2. The number of aryl methyl sites for hydroxylation is 2. The summed E-state index contributed by atoms with van der Waals surface area (Å²) in [6.07, 6.45) is 3.34. The summed E-state index contributed by atoms with van der Waals surface area (Å²) in [5.74, 6) is -0.122. The number of pyridine rings is 1. The number of aromatic nitrogens is 2. The molecule has 0 aliphatic rings. The van der Waals surface area contributed by atoms with Crippen LogP contribution in [0.4, 0.5) is 5.69 Å². The Bertz CT molecular complexity index is 1380. The maximum atomic E-state index is 12.6. The predicted octanol–water partition coefficient (Wildman–Crippen LogP) is 4.39. The Hall–Kier alpha value is -4.17. The van der Waals surface area contributed by atoms with Gasteiger partial charge in [0.15, 0.2) is 6.61 Å². The van der Waals surface area contributed by atoms with Crippen molar-refractivity contribution in [1.29, 1.82) is 0 Å². The van der Waals surface area contributed by atoms with Gasteiger partial charge in [0.2, 0.25) is 0 Å². The number of anilines is 1. The molecule has 4 rings (SSSR count). The Morgan fingerprint density at radius 3 is 2.68 bits per heavy atom. The normalized spacial score (nSPS) is 11.0. The van der Waals surface area contributed by atoms with E-state index < -0.39 is 0 Å². The molecule has 0 radical (unpaired) electrons. The quantitative estimate of drug-likeness (QED) is 0.306. The van der Waals surface area contributed by atoms with Crippen molar-refractivity contribution in [3.8, 4) is 5.75 Å². The smallest absolute Gasteiger partial charge is 0.290 e. The van der Waals surface area contributed by atoms with E-state index in [-0.39, 0.29) is 18.4 Å². The number of imidazole rings is 1. The van der Waals surface area contributed by atoms with E-state index >= 15 is 0 Å². The lowest BCUT2D eigenvalue weighted by atomic mass is 10.2. The number of rotatable bonds is 7. The number of fused-ring (bicyclic) bond motifs is 1. The molecule has 2 aromatic heterocycles. The highest BCUT2D eigenvalue weighted by molar-refractivity contribution is 6.30. The predicted molar refractivity (Wildman–Crippen MR) is 132 cm³/mol. The fourth-order valence-corrected chi connectivity index (χ4v) is 3.51. The number of hydrazone groups is 1. The van der Waals surface area contributed by atoms with Crippen molar-refractivity contribution >= 4 is 41.0 Å². The van der Waals surface area contributed by atoms with Gasteiger partial charge in [-0.1, -0.05) is 17.7 Å². The molecular weight excluding hydrogens is 454 g/mol. The number of carbonyl (C=O) groups excluding carboxylic acids is 2. The Balaban J connectivity index is 1.30. The number of nitrogens with one attached hydrogen (secondary N) is 2. The topological polar surface area (TPSA) is 97.1 Å². The van der Waals surface area contributed by atoms with Crippen LogP contribution in [0.2, 0.25) is 5.02 Å². The van der Waals surface area contributed by atoms with Crippen LogP contribution < -0.4 is 15.5 Å². The van der Waals surface area contributed by atoms with Gasteiger partial charge in [0.05, 0.1) is 11.9 Å². The summed E-state index contributed by atoms with van der Waals surface area (Å²) in [6.45, 7) is 3.61. The Kier molecular flexibility index (Phi) is 6.89. The van der Waals surface area contributed by atoms with Gasteiger partial charge >= 0.3 is 0 Å². The fourth-order valence-electron chi connectivity index (χ4n) is 3.32. The standard InChI is InChI=1S/C25H22ClN5O3/c1-16-10-11-31-22(12-16)28-17(2)24(31)25(33)30-27-14-18-6-8-21(9-7-18)34-15-23(32)29-20-5-3-4-19(26)13-20/h3-14H,15H2,1-2H3,(H,29,32)(H,30,33)/b27-14-. The minimum atomic E-state index is -0.351. The second kappa shape index (κ2) is 10.2. The highest BCUT2D eigenvalue weighted by Gasteiger charge is 2.16. The van der Waals surface area contributed by atoms with Gasteiger partial charge in [-0.05, 0) is 79.6 Å². The first-order valence-corrected chi connectivity index (χ1v) is 10.8. The molecular formula is C25H22ClN5O3. The van der Waals surface area contributed by atoms with E-state index in [9.17, 15) is 9.59 Å². The molecule has 2 N–H and O–H groups in total. The van der Waals surface area contributed by atoms with Crippen LogP contribution >= 0.6 is 11.6 Å². The molecule has 4 aromatic rings. The largest absolute Gasteiger partial charge is 0.484 e.